The fourth-order valence-corrected chi connectivity index (χ4v) is 1.32. The van der Waals surface area contributed by atoms with E-state index in [1.54, 1.807) is 19.1 Å². The number of primary amides is 1. The number of hydrogen-bond donors (Lipinski definition) is 1. The molecule has 4 heteroatoms. The van der Waals surface area contributed by atoms with E-state index >= 15 is 0 Å². The van der Waals surface area contributed by atoms with Crippen LogP contribution in [-0.2, 0) is 11.2 Å². The summed E-state index contributed by atoms with van der Waals surface area (Å²) in [5.74, 6) is 0. The molecule has 0 unspecified atom stereocenters. The number of carbonyl (C=O) groups excluding carboxylic acids is 1. The Balaban J connectivity index is 2.51. The quantitative estimate of drug-likeness (QED) is 0.838. The molecule has 1 aromatic carbocycles. The van der Waals surface area contributed by atoms with E-state index in [0.717, 1.165) is 5.56 Å². The third-order valence-corrected chi connectivity index (χ3v) is 2.01. The highest BCUT2D eigenvalue weighted by Gasteiger charge is 2.06. The zero-order chi connectivity index (χ0) is 10.6. The monoisotopic (exact) mass is 213 g/mol. The molecule has 1 atom stereocenters. The van der Waals surface area contributed by atoms with Crippen LogP contribution in [-0.4, -0.2) is 12.2 Å². The van der Waals surface area contributed by atoms with Crippen LogP contribution in [0.5, 0.6) is 0 Å². The molecule has 3 nitrogen and oxygen atoms in total. The molecule has 0 saturated heterocycles. The van der Waals surface area contributed by atoms with E-state index in [-0.39, 0.29) is 6.10 Å². The minimum absolute atomic E-state index is 0.214. The second kappa shape index (κ2) is 4.86. The molecule has 1 rings (SSSR count). The van der Waals surface area contributed by atoms with E-state index < -0.39 is 6.09 Å². The van der Waals surface area contributed by atoms with Gasteiger partial charge in [-0.1, -0.05) is 23.7 Å². The maximum absolute atomic E-state index is 10.4. The topological polar surface area (TPSA) is 52.3 Å². The largest absolute Gasteiger partial charge is 0.446 e. The summed E-state index contributed by atoms with van der Waals surface area (Å²) in [6, 6.07) is 7.38. The molecule has 0 bridgehead atoms. The fraction of sp³-hybridized carbons (Fsp3) is 0.300. The first-order valence-electron chi connectivity index (χ1n) is 4.28. The fourth-order valence-electron chi connectivity index (χ4n) is 1.19. The Labute approximate surface area is 87.8 Å². The van der Waals surface area contributed by atoms with Crippen LogP contribution in [0.1, 0.15) is 12.5 Å². The Kier molecular flexibility index (Phi) is 3.77. The molecule has 0 aliphatic carbocycles. The summed E-state index contributed by atoms with van der Waals surface area (Å²) < 4.78 is 4.79. The van der Waals surface area contributed by atoms with Gasteiger partial charge in [0.1, 0.15) is 6.10 Å². The number of benzene rings is 1. The van der Waals surface area contributed by atoms with E-state index in [0.29, 0.717) is 11.4 Å². The van der Waals surface area contributed by atoms with Gasteiger partial charge >= 0.3 is 6.09 Å². The zero-order valence-electron chi connectivity index (χ0n) is 7.87. The van der Waals surface area contributed by atoms with E-state index in [1.807, 2.05) is 12.1 Å². The van der Waals surface area contributed by atoms with Crippen LogP contribution in [0.3, 0.4) is 0 Å². The first kappa shape index (κ1) is 10.9. The van der Waals surface area contributed by atoms with Crippen molar-refractivity contribution in [1.29, 1.82) is 0 Å². The minimum Gasteiger partial charge on any atom is -0.446 e. The third kappa shape index (κ3) is 3.66. The highest BCUT2D eigenvalue weighted by Crippen LogP contribution is 2.11. The van der Waals surface area contributed by atoms with Gasteiger partial charge in [0.2, 0.25) is 0 Å². The van der Waals surface area contributed by atoms with Crippen molar-refractivity contribution in [2.45, 2.75) is 19.4 Å². The molecule has 0 saturated carbocycles. The second-order valence-electron chi connectivity index (χ2n) is 3.08. The molecule has 0 spiro atoms. The maximum Gasteiger partial charge on any atom is 0.404 e. The molecule has 1 amide bonds. The molecule has 0 aliphatic heterocycles. The number of nitrogens with two attached hydrogens (primary N) is 1. The van der Waals surface area contributed by atoms with E-state index in [9.17, 15) is 4.79 Å². The summed E-state index contributed by atoms with van der Waals surface area (Å²) in [7, 11) is 0. The molecular formula is C10H12ClNO2. The summed E-state index contributed by atoms with van der Waals surface area (Å²) in [6.45, 7) is 1.79. The average molecular weight is 214 g/mol. The summed E-state index contributed by atoms with van der Waals surface area (Å²) in [5.41, 5.74) is 5.95. The predicted molar refractivity (Wildman–Crippen MR) is 55.3 cm³/mol. The Morgan fingerprint density at radius 3 is 2.57 bits per heavy atom. The van der Waals surface area contributed by atoms with E-state index in [1.165, 1.54) is 0 Å². The highest BCUT2D eigenvalue weighted by molar-refractivity contribution is 6.30. The van der Waals surface area contributed by atoms with Crippen LogP contribution < -0.4 is 5.73 Å². The van der Waals surface area contributed by atoms with Crippen molar-refractivity contribution in [2.24, 2.45) is 5.73 Å². The van der Waals surface area contributed by atoms with Crippen LogP contribution in [0.4, 0.5) is 4.79 Å². The minimum atomic E-state index is -0.744. The van der Waals surface area contributed by atoms with Gasteiger partial charge < -0.3 is 10.5 Å². The molecule has 0 aromatic heterocycles. The number of halogens is 1. The first-order valence-corrected chi connectivity index (χ1v) is 4.66. The normalized spacial score (nSPS) is 12.1. The summed E-state index contributed by atoms with van der Waals surface area (Å²) in [6.07, 6.45) is -0.319. The van der Waals surface area contributed by atoms with Crippen LogP contribution in [0.15, 0.2) is 24.3 Å². The van der Waals surface area contributed by atoms with Crippen molar-refractivity contribution in [1.82, 2.24) is 0 Å². The third-order valence-electron chi connectivity index (χ3n) is 1.75. The van der Waals surface area contributed by atoms with Gasteiger partial charge in [-0.25, -0.2) is 4.79 Å². The van der Waals surface area contributed by atoms with Gasteiger partial charge in [0.05, 0.1) is 0 Å². The van der Waals surface area contributed by atoms with Gasteiger partial charge in [-0.2, -0.15) is 0 Å². The Bertz CT molecular complexity index is 310. The number of hydrogen-bond acceptors (Lipinski definition) is 2. The molecule has 0 radical (unpaired) electrons. The summed E-state index contributed by atoms with van der Waals surface area (Å²) in [5, 5.41) is 0.692. The van der Waals surface area contributed by atoms with Gasteiger partial charge in [-0.3, -0.25) is 0 Å². The lowest BCUT2D eigenvalue weighted by Gasteiger charge is -2.10. The number of ether oxygens (including phenoxy) is 1. The Hall–Kier alpha value is -1.22. The van der Waals surface area contributed by atoms with Crippen molar-refractivity contribution in [3.63, 3.8) is 0 Å². The summed E-state index contributed by atoms with van der Waals surface area (Å²) >= 11 is 5.73. The Morgan fingerprint density at radius 2 is 2.07 bits per heavy atom. The van der Waals surface area contributed by atoms with Crippen LogP contribution in [0.2, 0.25) is 5.02 Å². The predicted octanol–water partition coefficient (Wildman–Crippen LogP) is 2.37. The van der Waals surface area contributed by atoms with E-state index in [2.05, 4.69) is 0 Å². The van der Waals surface area contributed by atoms with E-state index in [4.69, 9.17) is 22.1 Å². The molecular weight excluding hydrogens is 202 g/mol. The second-order valence-corrected chi connectivity index (χ2v) is 3.51. The van der Waals surface area contributed by atoms with Gasteiger partial charge in [-0.15, -0.1) is 0 Å². The molecule has 76 valence electrons. The molecule has 1 aromatic rings. The van der Waals surface area contributed by atoms with Crippen molar-refractivity contribution >= 4 is 17.7 Å². The first-order chi connectivity index (χ1) is 6.58. The Morgan fingerprint density at radius 1 is 1.50 bits per heavy atom. The number of amides is 1. The lowest BCUT2D eigenvalue weighted by atomic mass is 10.1. The number of rotatable bonds is 3. The smallest absolute Gasteiger partial charge is 0.404 e. The van der Waals surface area contributed by atoms with Crippen molar-refractivity contribution < 1.29 is 9.53 Å². The lowest BCUT2D eigenvalue weighted by Crippen LogP contribution is -2.21. The summed E-state index contributed by atoms with van der Waals surface area (Å²) in [4.78, 5) is 10.4. The van der Waals surface area contributed by atoms with Crippen molar-refractivity contribution in [3.8, 4) is 0 Å². The van der Waals surface area contributed by atoms with Gasteiger partial charge in [0.15, 0.2) is 0 Å². The molecule has 0 aliphatic rings. The molecule has 2 N–H and O–H groups in total. The molecule has 14 heavy (non-hydrogen) atoms. The standard InChI is InChI=1S/C10H12ClNO2/c1-7(14-10(12)13)6-8-2-4-9(11)5-3-8/h2-5,7H,6H2,1H3,(H2,12,13)/t7-/m1/s1. The zero-order valence-corrected chi connectivity index (χ0v) is 8.62. The average Bonchev–Trinajstić information content (AvgIpc) is 2.07. The van der Waals surface area contributed by atoms with Gasteiger partial charge in [0, 0.05) is 11.4 Å². The van der Waals surface area contributed by atoms with Crippen LogP contribution in [0, 0.1) is 0 Å². The van der Waals surface area contributed by atoms with Crippen LogP contribution in [0.25, 0.3) is 0 Å². The van der Waals surface area contributed by atoms with Gasteiger partial charge in [-0.05, 0) is 24.6 Å². The molecule has 0 heterocycles. The molecule has 0 fully saturated rings. The van der Waals surface area contributed by atoms with Crippen molar-refractivity contribution in [3.05, 3.63) is 34.9 Å². The highest BCUT2D eigenvalue weighted by atomic mass is 35.5. The van der Waals surface area contributed by atoms with Crippen molar-refractivity contribution in [2.75, 3.05) is 0 Å². The van der Waals surface area contributed by atoms with Gasteiger partial charge in [0.25, 0.3) is 0 Å². The van der Waals surface area contributed by atoms with Crippen LogP contribution >= 0.6 is 11.6 Å². The lowest BCUT2D eigenvalue weighted by molar-refractivity contribution is 0.116. The number of carbonyl (C=O) groups is 1. The SMILES string of the molecule is C[C@H](Cc1ccc(Cl)cc1)OC(N)=O. The maximum atomic E-state index is 10.4.